The van der Waals surface area contributed by atoms with E-state index in [-0.39, 0.29) is 29.7 Å². The van der Waals surface area contributed by atoms with Gasteiger partial charge in [0.05, 0.1) is 13.0 Å². The number of nitrogen functional groups attached to an aromatic ring is 1. The zero-order chi connectivity index (χ0) is 20.7. The Labute approximate surface area is 169 Å². The Hall–Kier alpha value is -2.67. The van der Waals surface area contributed by atoms with Crippen molar-refractivity contribution in [2.24, 2.45) is 5.73 Å². The van der Waals surface area contributed by atoms with Crippen LogP contribution in [0, 0.1) is 5.41 Å². The highest BCUT2D eigenvalue weighted by Gasteiger charge is 2.16. The second kappa shape index (κ2) is 10.0. The highest BCUT2D eigenvalue weighted by atomic mass is 32.1. The Morgan fingerprint density at radius 1 is 1.14 bits per heavy atom. The van der Waals surface area contributed by atoms with E-state index in [9.17, 15) is 9.59 Å². The molecule has 2 unspecified atom stereocenters. The van der Waals surface area contributed by atoms with Crippen LogP contribution < -0.4 is 11.1 Å². The molecule has 1 amide bonds. The first-order chi connectivity index (χ1) is 13.3. The summed E-state index contributed by atoms with van der Waals surface area (Å²) in [6, 6.07) is 10.7. The van der Waals surface area contributed by atoms with Crippen molar-refractivity contribution < 1.29 is 14.3 Å². The average Bonchev–Trinajstić information content (AvgIpc) is 3.10. The van der Waals surface area contributed by atoms with Crippen molar-refractivity contribution in [2.75, 3.05) is 6.61 Å². The summed E-state index contributed by atoms with van der Waals surface area (Å²) in [5.74, 6) is -0.245. The van der Waals surface area contributed by atoms with Crippen molar-refractivity contribution >= 4 is 29.0 Å². The molecule has 0 saturated heterocycles. The van der Waals surface area contributed by atoms with E-state index < -0.39 is 0 Å². The lowest BCUT2D eigenvalue weighted by atomic mass is 10.1. The molecule has 2 rings (SSSR count). The Kier molecular flexibility index (Phi) is 7.75. The summed E-state index contributed by atoms with van der Waals surface area (Å²) in [4.78, 5) is 26.3. The van der Waals surface area contributed by atoms with Crippen molar-refractivity contribution in [3.8, 4) is 0 Å². The summed E-state index contributed by atoms with van der Waals surface area (Å²) >= 11 is 1.66. The summed E-state index contributed by atoms with van der Waals surface area (Å²) in [6.45, 7) is 6.18. The first-order valence-electron chi connectivity index (χ1n) is 9.29. The first-order valence-corrected chi connectivity index (χ1v) is 10.1. The molecule has 0 spiro atoms. The number of amides is 1. The molecule has 0 aliphatic heterocycles. The van der Waals surface area contributed by atoms with Gasteiger partial charge in [-0.05, 0) is 38.1 Å². The number of esters is 1. The van der Waals surface area contributed by atoms with Crippen LogP contribution in [0.15, 0.2) is 36.4 Å². The van der Waals surface area contributed by atoms with E-state index in [0.717, 1.165) is 9.75 Å². The fourth-order valence-corrected chi connectivity index (χ4v) is 3.99. The van der Waals surface area contributed by atoms with Gasteiger partial charge >= 0.3 is 5.97 Å². The molecular weight excluding hydrogens is 374 g/mol. The number of carbonyl (C=O) groups excluding carboxylic acids is 2. The van der Waals surface area contributed by atoms with Gasteiger partial charge in [-0.2, -0.15) is 0 Å². The maximum atomic E-state index is 12.4. The van der Waals surface area contributed by atoms with Gasteiger partial charge in [-0.1, -0.05) is 19.1 Å². The average molecular weight is 402 g/mol. The highest BCUT2D eigenvalue weighted by molar-refractivity contribution is 7.12. The molecule has 0 aliphatic carbocycles. The lowest BCUT2D eigenvalue weighted by Crippen LogP contribution is -2.33. The topological polar surface area (TPSA) is 105 Å². The number of benzene rings is 1. The Morgan fingerprint density at radius 2 is 1.79 bits per heavy atom. The second-order valence-corrected chi connectivity index (χ2v) is 7.98. The zero-order valence-electron chi connectivity index (χ0n) is 16.5. The number of nitrogens with one attached hydrogen (secondary N) is 2. The monoisotopic (exact) mass is 401 g/mol. The van der Waals surface area contributed by atoms with Crippen LogP contribution in [0.2, 0.25) is 0 Å². The third kappa shape index (κ3) is 6.20. The molecule has 1 heterocycles. The molecule has 28 heavy (non-hydrogen) atoms. The number of rotatable bonds is 9. The van der Waals surface area contributed by atoms with Gasteiger partial charge in [0.1, 0.15) is 5.84 Å². The van der Waals surface area contributed by atoms with Crippen molar-refractivity contribution in [3.05, 3.63) is 57.3 Å². The molecule has 1 aromatic carbocycles. The minimum absolute atomic E-state index is 0.0222. The minimum atomic E-state index is -0.179. The SMILES string of the molecule is CCOC(=O)CC(C)c1ccc(CC(C)NC(=O)c2ccc(C(=N)N)cc2)s1. The van der Waals surface area contributed by atoms with E-state index in [4.69, 9.17) is 15.9 Å². The number of nitrogens with two attached hydrogens (primary N) is 1. The molecule has 0 aliphatic rings. The van der Waals surface area contributed by atoms with Gasteiger partial charge in [0.15, 0.2) is 0 Å². The van der Waals surface area contributed by atoms with Crippen molar-refractivity contribution in [1.82, 2.24) is 5.32 Å². The van der Waals surface area contributed by atoms with E-state index in [1.807, 2.05) is 26.0 Å². The Bertz CT molecular complexity index is 830. The number of carbonyl (C=O) groups is 2. The predicted molar refractivity (Wildman–Crippen MR) is 112 cm³/mol. The van der Waals surface area contributed by atoms with Gasteiger partial charge in [-0.15, -0.1) is 11.3 Å². The van der Waals surface area contributed by atoms with Crippen molar-refractivity contribution in [3.63, 3.8) is 0 Å². The summed E-state index contributed by atoms with van der Waals surface area (Å²) in [5, 5.41) is 10.4. The molecule has 0 radical (unpaired) electrons. The van der Waals surface area contributed by atoms with Gasteiger partial charge in [0, 0.05) is 39.3 Å². The summed E-state index contributed by atoms with van der Waals surface area (Å²) in [6.07, 6.45) is 1.09. The van der Waals surface area contributed by atoms with Gasteiger partial charge in [-0.3, -0.25) is 15.0 Å². The Morgan fingerprint density at radius 3 is 2.39 bits per heavy atom. The third-order valence-corrected chi connectivity index (χ3v) is 5.63. The minimum Gasteiger partial charge on any atom is -0.466 e. The standard InChI is InChI=1S/C21H27N3O3S/c1-4-27-19(25)11-13(2)18-10-9-17(28-18)12-14(3)24-21(26)16-7-5-15(6-8-16)20(22)23/h5-10,13-14H,4,11-12H2,1-3H3,(H3,22,23)(H,24,26). The number of thiophene rings is 1. The second-order valence-electron chi connectivity index (χ2n) is 6.78. The van der Waals surface area contributed by atoms with Crippen LogP contribution >= 0.6 is 11.3 Å². The highest BCUT2D eigenvalue weighted by Crippen LogP contribution is 2.28. The molecule has 0 fully saturated rings. The van der Waals surface area contributed by atoms with Crippen LogP contribution in [0.3, 0.4) is 0 Å². The summed E-state index contributed by atoms with van der Waals surface area (Å²) < 4.78 is 5.01. The smallest absolute Gasteiger partial charge is 0.306 e. The lowest BCUT2D eigenvalue weighted by Gasteiger charge is -2.13. The lowest BCUT2D eigenvalue weighted by molar-refractivity contribution is -0.143. The normalized spacial score (nSPS) is 12.8. The molecule has 150 valence electrons. The molecule has 0 bridgehead atoms. The number of amidine groups is 1. The van der Waals surface area contributed by atoms with Crippen LogP contribution in [-0.2, 0) is 16.0 Å². The molecule has 6 nitrogen and oxygen atoms in total. The first kappa shape index (κ1) is 21.6. The fourth-order valence-electron chi connectivity index (χ4n) is 2.80. The van der Waals surface area contributed by atoms with E-state index in [1.165, 1.54) is 0 Å². The quantitative estimate of drug-likeness (QED) is 0.340. The van der Waals surface area contributed by atoms with Crippen molar-refractivity contribution in [1.29, 1.82) is 5.41 Å². The largest absolute Gasteiger partial charge is 0.466 e. The number of ether oxygens (including phenoxy) is 1. The Balaban J connectivity index is 1.89. The van der Waals surface area contributed by atoms with Crippen LogP contribution in [0.5, 0.6) is 0 Å². The molecule has 0 saturated carbocycles. The molecule has 7 heteroatoms. The molecule has 2 aromatic rings. The molecule has 2 atom stereocenters. The number of hydrogen-bond donors (Lipinski definition) is 3. The van der Waals surface area contributed by atoms with E-state index in [2.05, 4.69) is 5.32 Å². The van der Waals surface area contributed by atoms with E-state index in [1.54, 1.807) is 42.5 Å². The summed E-state index contributed by atoms with van der Waals surface area (Å²) in [7, 11) is 0. The van der Waals surface area contributed by atoms with Crippen molar-refractivity contribution in [2.45, 2.75) is 45.6 Å². The van der Waals surface area contributed by atoms with E-state index in [0.29, 0.717) is 30.6 Å². The van der Waals surface area contributed by atoms with Crippen LogP contribution in [0.25, 0.3) is 0 Å². The van der Waals surface area contributed by atoms with Gasteiger partial charge in [0.2, 0.25) is 0 Å². The van der Waals surface area contributed by atoms with Gasteiger partial charge in [0.25, 0.3) is 5.91 Å². The molecule has 1 aromatic heterocycles. The fraction of sp³-hybridized carbons (Fsp3) is 0.381. The van der Waals surface area contributed by atoms with E-state index >= 15 is 0 Å². The third-order valence-electron chi connectivity index (χ3n) is 4.29. The number of hydrogen-bond acceptors (Lipinski definition) is 5. The maximum Gasteiger partial charge on any atom is 0.306 e. The zero-order valence-corrected chi connectivity index (χ0v) is 17.3. The van der Waals surface area contributed by atoms with Crippen LogP contribution in [-0.4, -0.2) is 30.4 Å². The molecular formula is C21H27N3O3S. The van der Waals surface area contributed by atoms with Gasteiger partial charge < -0.3 is 15.8 Å². The predicted octanol–water partition coefficient (Wildman–Crippen LogP) is 3.45. The molecule has 4 N–H and O–H groups in total. The van der Waals surface area contributed by atoms with Crippen LogP contribution in [0.4, 0.5) is 0 Å². The van der Waals surface area contributed by atoms with Gasteiger partial charge in [-0.25, -0.2) is 0 Å². The van der Waals surface area contributed by atoms with Crippen LogP contribution in [0.1, 0.15) is 58.8 Å². The maximum absolute atomic E-state index is 12.4. The summed E-state index contributed by atoms with van der Waals surface area (Å²) in [5.41, 5.74) is 6.55.